The molecule has 0 aliphatic rings. The van der Waals surface area contributed by atoms with Gasteiger partial charge in [0.25, 0.3) is 0 Å². The van der Waals surface area contributed by atoms with Crippen LogP contribution in [0.15, 0.2) is 121 Å². The summed E-state index contributed by atoms with van der Waals surface area (Å²) in [4.78, 5) is 0. The molecule has 6 rings (SSSR count). The first-order valence-electron chi connectivity index (χ1n) is 15.5. The van der Waals surface area contributed by atoms with Gasteiger partial charge in [0.1, 0.15) is 11.5 Å². The Morgan fingerprint density at radius 3 is 1.09 bits per heavy atom. The highest BCUT2D eigenvalue weighted by Gasteiger charge is 2.45. The van der Waals surface area contributed by atoms with Gasteiger partial charge in [-0.1, -0.05) is 151 Å². The van der Waals surface area contributed by atoms with Crippen molar-refractivity contribution in [2.75, 3.05) is 0 Å². The van der Waals surface area contributed by atoms with Crippen molar-refractivity contribution in [3.63, 3.8) is 0 Å². The third kappa shape index (κ3) is 4.82. The van der Waals surface area contributed by atoms with E-state index in [1.807, 2.05) is 163 Å². The number of aromatic hydroxyl groups is 2. The first kappa shape index (κ1) is 31.9. The highest BCUT2D eigenvalue weighted by molar-refractivity contribution is 7.80. The first-order valence-corrected chi connectivity index (χ1v) is 18.9. The van der Waals surface area contributed by atoms with Gasteiger partial charge >= 0.3 is 0 Å². The molecule has 0 bridgehead atoms. The molecule has 0 saturated heterocycles. The normalized spacial score (nSPS) is 15.0. The van der Waals surface area contributed by atoms with Gasteiger partial charge in [0.2, 0.25) is 0 Å². The summed E-state index contributed by atoms with van der Waals surface area (Å²) in [5.41, 5.74) is 0.746. The van der Waals surface area contributed by atoms with E-state index < -0.39 is 24.6 Å². The molecule has 2 atom stereocenters. The molecule has 0 amide bonds. The Morgan fingerprint density at radius 2 is 0.761 bits per heavy atom. The highest BCUT2D eigenvalue weighted by atomic mass is 31.2. The molecular formula is C40H40O4P2. The van der Waals surface area contributed by atoms with E-state index in [1.165, 1.54) is 0 Å². The molecular weight excluding hydrogens is 606 g/mol. The molecule has 0 spiro atoms. The summed E-state index contributed by atoms with van der Waals surface area (Å²) < 4.78 is 31.0. The van der Waals surface area contributed by atoms with E-state index in [1.54, 1.807) is 0 Å². The number of phenolic OH excluding ortho intramolecular Hbond substituents is 2. The van der Waals surface area contributed by atoms with Crippen molar-refractivity contribution in [1.82, 2.24) is 0 Å². The van der Waals surface area contributed by atoms with Crippen LogP contribution in [0.5, 0.6) is 11.5 Å². The molecule has 0 radical (unpaired) electrons. The van der Waals surface area contributed by atoms with E-state index in [0.29, 0.717) is 43.1 Å². The zero-order chi connectivity index (χ0) is 33.1. The summed E-state index contributed by atoms with van der Waals surface area (Å²) in [5.74, 6) is -0.299. The minimum atomic E-state index is -3.48. The van der Waals surface area contributed by atoms with Crippen LogP contribution in [-0.2, 0) is 9.13 Å². The zero-order valence-corrected chi connectivity index (χ0v) is 28.9. The van der Waals surface area contributed by atoms with Gasteiger partial charge in [0.05, 0.1) is 10.6 Å². The van der Waals surface area contributed by atoms with Gasteiger partial charge in [0.15, 0.2) is 14.3 Å². The fraction of sp³-hybridized carbons (Fsp3) is 0.200. The van der Waals surface area contributed by atoms with Crippen molar-refractivity contribution in [3.05, 3.63) is 121 Å². The number of benzene rings is 6. The second kappa shape index (κ2) is 11.3. The zero-order valence-electron chi connectivity index (χ0n) is 27.2. The second-order valence-electron chi connectivity index (χ2n) is 13.9. The summed E-state index contributed by atoms with van der Waals surface area (Å²) in [5, 5.41) is 28.4. The molecule has 0 aliphatic heterocycles. The van der Waals surface area contributed by atoms with Crippen LogP contribution in [0.2, 0.25) is 0 Å². The molecule has 6 aromatic rings. The van der Waals surface area contributed by atoms with Gasteiger partial charge < -0.3 is 19.3 Å². The van der Waals surface area contributed by atoms with E-state index in [0.717, 1.165) is 10.8 Å². The maximum absolute atomic E-state index is 15.5. The standard InChI is InChI=1S/C40H40O4P2/c1-39(2,3)45(43,29-19-9-7-10-20-29)33-25-27-17-13-15-23-31(27)35(37(33)41)36-32-24-16-14-18-28(32)26-34(38(36)42)46(44,40(4,5)6)30-21-11-8-12-22-30/h7-26,41-42H,1-6H3/t45-,46-/m0/s1. The van der Waals surface area contributed by atoms with Crippen molar-refractivity contribution < 1.29 is 19.3 Å². The molecule has 6 aromatic carbocycles. The predicted octanol–water partition coefficient (Wildman–Crippen LogP) is 9.30. The number of hydrogen-bond acceptors (Lipinski definition) is 4. The lowest BCUT2D eigenvalue weighted by Gasteiger charge is -2.34. The highest BCUT2D eigenvalue weighted by Crippen LogP contribution is 2.61. The fourth-order valence-electron chi connectivity index (χ4n) is 6.68. The second-order valence-corrected chi connectivity index (χ2v) is 21.0. The van der Waals surface area contributed by atoms with Crippen LogP contribution in [0.1, 0.15) is 41.5 Å². The van der Waals surface area contributed by atoms with Crippen molar-refractivity contribution in [2.24, 2.45) is 0 Å². The summed E-state index contributed by atoms with van der Waals surface area (Å²) in [6.07, 6.45) is 0. The molecule has 0 heterocycles. The minimum Gasteiger partial charge on any atom is -0.506 e. The van der Waals surface area contributed by atoms with Crippen LogP contribution < -0.4 is 21.2 Å². The lowest BCUT2D eigenvalue weighted by atomic mass is 9.92. The van der Waals surface area contributed by atoms with Gasteiger partial charge in [-0.15, -0.1) is 0 Å². The van der Waals surface area contributed by atoms with Crippen molar-refractivity contribution in [2.45, 2.75) is 51.9 Å². The van der Waals surface area contributed by atoms with Gasteiger partial charge in [-0.3, -0.25) is 0 Å². The Labute approximate surface area is 271 Å². The summed E-state index contributed by atoms with van der Waals surface area (Å²) in [7, 11) is -6.96. The molecule has 0 aromatic heterocycles. The van der Waals surface area contributed by atoms with Crippen molar-refractivity contribution >= 4 is 57.0 Å². The van der Waals surface area contributed by atoms with Gasteiger partial charge in [0, 0.05) is 32.0 Å². The average molecular weight is 647 g/mol. The van der Waals surface area contributed by atoms with E-state index in [4.69, 9.17) is 0 Å². The summed E-state index contributed by atoms with van der Waals surface area (Å²) >= 11 is 0. The Hall–Kier alpha value is -4.10. The molecule has 2 N–H and O–H groups in total. The summed E-state index contributed by atoms with van der Waals surface area (Å²) in [6.45, 7) is 11.6. The quantitative estimate of drug-likeness (QED) is 0.183. The molecule has 0 aliphatic carbocycles. The molecule has 0 fully saturated rings. The van der Waals surface area contributed by atoms with E-state index >= 15 is 9.13 Å². The topological polar surface area (TPSA) is 74.6 Å². The molecule has 0 saturated carbocycles. The van der Waals surface area contributed by atoms with Crippen molar-refractivity contribution in [1.29, 1.82) is 0 Å². The number of hydrogen-bond donors (Lipinski definition) is 2. The van der Waals surface area contributed by atoms with Gasteiger partial charge in [-0.25, -0.2) is 0 Å². The van der Waals surface area contributed by atoms with Crippen LogP contribution in [-0.4, -0.2) is 20.5 Å². The van der Waals surface area contributed by atoms with Crippen LogP contribution in [0, 0.1) is 0 Å². The van der Waals surface area contributed by atoms with Crippen LogP contribution >= 0.6 is 14.3 Å². The van der Waals surface area contributed by atoms with Crippen LogP contribution in [0.3, 0.4) is 0 Å². The molecule has 234 valence electrons. The van der Waals surface area contributed by atoms with E-state index in [-0.39, 0.29) is 11.5 Å². The summed E-state index contributed by atoms with van der Waals surface area (Å²) in [6, 6.07) is 37.6. The van der Waals surface area contributed by atoms with E-state index in [2.05, 4.69) is 0 Å². The first-order chi connectivity index (χ1) is 21.7. The maximum Gasteiger partial charge on any atom is 0.151 e. The average Bonchev–Trinajstić information content (AvgIpc) is 3.04. The minimum absolute atomic E-state index is 0.149. The largest absolute Gasteiger partial charge is 0.506 e. The van der Waals surface area contributed by atoms with Crippen LogP contribution in [0.4, 0.5) is 0 Å². The Kier molecular flexibility index (Phi) is 7.83. The monoisotopic (exact) mass is 646 g/mol. The smallest absolute Gasteiger partial charge is 0.151 e. The molecule has 0 unspecified atom stereocenters. The third-order valence-corrected chi connectivity index (χ3v) is 16.9. The number of fused-ring (bicyclic) bond motifs is 2. The molecule has 4 nitrogen and oxygen atoms in total. The Morgan fingerprint density at radius 1 is 0.457 bits per heavy atom. The third-order valence-electron chi connectivity index (χ3n) is 9.06. The van der Waals surface area contributed by atoms with Gasteiger partial charge in [-0.2, -0.15) is 0 Å². The van der Waals surface area contributed by atoms with E-state index in [9.17, 15) is 10.2 Å². The van der Waals surface area contributed by atoms with Crippen LogP contribution in [0.25, 0.3) is 32.7 Å². The lowest BCUT2D eigenvalue weighted by molar-refractivity contribution is 0.473. The van der Waals surface area contributed by atoms with Gasteiger partial charge in [-0.05, 0) is 33.7 Å². The Balaban J connectivity index is 1.82. The lowest BCUT2D eigenvalue weighted by Crippen LogP contribution is -2.31. The number of phenols is 2. The molecule has 46 heavy (non-hydrogen) atoms. The van der Waals surface area contributed by atoms with Crippen molar-refractivity contribution in [3.8, 4) is 22.6 Å². The predicted molar refractivity (Wildman–Crippen MR) is 196 cm³/mol. The SMILES string of the molecule is CC(C)(C)[P@](=O)(c1ccccc1)c1cc2ccccc2c(-c2c(O)c([P@@](=O)(c3ccccc3)C(C)(C)C)cc3ccccc23)c1O. The number of rotatable bonds is 5. The molecule has 6 heteroatoms. The maximum atomic E-state index is 15.5. The fourth-order valence-corrected chi connectivity index (χ4v) is 12.9. The Bertz CT molecular complexity index is 2030.